The first-order valence-electron chi connectivity index (χ1n) is 6.10. The highest BCUT2D eigenvalue weighted by Crippen LogP contribution is 2.29. The summed E-state index contributed by atoms with van der Waals surface area (Å²) in [5.74, 6) is 0.572. The van der Waals surface area contributed by atoms with Gasteiger partial charge in [0.15, 0.2) is 0 Å². The molecule has 1 aromatic carbocycles. The van der Waals surface area contributed by atoms with E-state index in [1.54, 1.807) is 12.1 Å². The molecule has 0 unspecified atom stereocenters. The zero-order chi connectivity index (χ0) is 14.5. The Morgan fingerprint density at radius 1 is 1.42 bits per heavy atom. The summed E-state index contributed by atoms with van der Waals surface area (Å²) < 4.78 is 10.6. The van der Waals surface area contributed by atoms with Crippen molar-refractivity contribution in [2.45, 2.75) is 26.4 Å². The molecule has 0 heterocycles. The van der Waals surface area contributed by atoms with Gasteiger partial charge in [0.1, 0.15) is 11.4 Å². The molecule has 0 aliphatic rings. The van der Waals surface area contributed by atoms with Crippen molar-refractivity contribution in [3.63, 3.8) is 0 Å². The Labute approximate surface area is 112 Å². The Balaban J connectivity index is 2.89. The molecule has 0 bridgehead atoms. The summed E-state index contributed by atoms with van der Waals surface area (Å²) in [5, 5.41) is 14.0. The summed E-state index contributed by atoms with van der Waals surface area (Å²) in [7, 11) is 1.52. The van der Waals surface area contributed by atoms with Crippen LogP contribution in [0.25, 0.3) is 0 Å². The van der Waals surface area contributed by atoms with Gasteiger partial charge in [0.05, 0.1) is 17.6 Å². The van der Waals surface area contributed by atoms with Crippen molar-refractivity contribution in [1.29, 1.82) is 0 Å². The quantitative estimate of drug-likeness (QED) is 0.608. The fourth-order valence-corrected chi connectivity index (χ4v) is 1.69. The van der Waals surface area contributed by atoms with Crippen LogP contribution in [0.1, 0.15) is 20.8 Å². The lowest BCUT2D eigenvalue weighted by Crippen LogP contribution is -2.33. The Hall–Kier alpha value is -1.82. The average molecular weight is 268 g/mol. The fraction of sp³-hybridized carbons (Fsp3) is 0.538. The molecule has 6 nitrogen and oxygen atoms in total. The number of nitro benzene ring substituents is 1. The van der Waals surface area contributed by atoms with E-state index < -0.39 is 10.5 Å². The number of nitrogens with zero attached hydrogens (tertiary/aromatic N) is 1. The van der Waals surface area contributed by atoms with Gasteiger partial charge in [-0.05, 0) is 26.8 Å². The molecule has 19 heavy (non-hydrogen) atoms. The van der Waals surface area contributed by atoms with E-state index in [0.29, 0.717) is 24.6 Å². The maximum absolute atomic E-state index is 11.0. The Bertz CT molecular complexity index is 446. The van der Waals surface area contributed by atoms with Crippen molar-refractivity contribution < 1.29 is 14.4 Å². The van der Waals surface area contributed by atoms with Crippen molar-refractivity contribution in [2.24, 2.45) is 0 Å². The van der Waals surface area contributed by atoms with E-state index in [9.17, 15) is 10.1 Å². The first-order chi connectivity index (χ1) is 8.89. The first-order valence-corrected chi connectivity index (χ1v) is 6.10. The molecular weight excluding hydrogens is 248 g/mol. The van der Waals surface area contributed by atoms with Crippen molar-refractivity contribution in [1.82, 2.24) is 0 Å². The molecule has 0 radical (unpaired) electrons. The van der Waals surface area contributed by atoms with Gasteiger partial charge in [0.25, 0.3) is 5.69 Å². The first kappa shape index (κ1) is 15.2. The van der Waals surface area contributed by atoms with Crippen LogP contribution in [0.3, 0.4) is 0 Å². The lowest BCUT2D eigenvalue weighted by Gasteiger charge is -2.25. The molecule has 1 rings (SSSR count). The second kappa shape index (κ2) is 6.38. The topological polar surface area (TPSA) is 73.6 Å². The van der Waals surface area contributed by atoms with Crippen LogP contribution in [0.2, 0.25) is 0 Å². The molecule has 0 atom stereocenters. The van der Waals surface area contributed by atoms with E-state index in [4.69, 9.17) is 9.47 Å². The van der Waals surface area contributed by atoms with Crippen LogP contribution in [-0.2, 0) is 4.74 Å². The van der Waals surface area contributed by atoms with E-state index in [1.165, 1.54) is 13.2 Å². The van der Waals surface area contributed by atoms with Gasteiger partial charge in [-0.25, -0.2) is 0 Å². The van der Waals surface area contributed by atoms with Crippen molar-refractivity contribution in [2.75, 3.05) is 25.6 Å². The van der Waals surface area contributed by atoms with Crippen LogP contribution in [0.4, 0.5) is 11.4 Å². The predicted octanol–water partition coefficient (Wildman–Crippen LogP) is 2.83. The summed E-state index contributed by atoms with van der Waals surface area (Å²) in [6, 6.07) is 4.60. The van der Waals surface area contributed by atoms with E-state index in [0.717, 1.165) is 0 Å². The maximum Gasteiger partial charge on any atom is 0.292 e. The Morgan fingerprint density at radius 2 is 2.11 bits per heavy atom. The van der Waals surface area contributed by atoms with Gasteiger partial charge < -0.3 is 14.8 Å². The van der Waals surface area contributed by atoms with Gasteiger partial charge in [0.2, 0.25) is 0 Å². The van der Waals surface area contributed by atoms with Crippen LogP contribution in [0, 0.1) is 10.1 Å². The fourth-order valence-electron chi connectivity index (χ4n) is 1.69. The number of rotatable bonds is 7. The minimum atomic E-state index is -0.421. The van der Waals surface area contributed by atoms with Gasteiger partial charge in [-0.3, -0.25) is 10.1 Å². The number of nitro groups is 1. The van der Waals surface area contributed by atoms with Crippen LogP contribution in [0.5, 0.6) is 5.75 Å². The summed E-state index contributed by atoms with van der Waals surface area (Å²) in [5.41, 5.74) is 0.0522. The van der Waals surface area contributed by atoms with Crippen LogP contribution >= 0.6 is 0 Å². The van der Waals surface area contributed by atoms with Gasteiger partial charge in [-0.1, -0.05) is 0 Å². The summed E-state index contributed by atoms with van der Waals surface area (Å²) in [6.45, 7) is 6.82. The van der Waals surface area contributed by atoms with Crippen molar-refractivity contribution >= 4 is 11.4 Å². The third-order valence-corrected chi connectivity index (χ3v) is 2.64. The van der Waals surface area contributed by atoms with Crippen LogP contribution in [-0.4, -0.2) is 30.8 Å². The highest BCUT2D eigenvalue weighted by atomic mass is 16.6. The molecule has 1 aromatic rings. The number of ether oxygens (including phenoxy) is 2. The Morgan fingerprint density at radius 3 is 2.63 bits per heavy atom. The van der Waals surface area contributed by atoms with Gasteiger partial charge in [-0.2, -0.15) is 0 Å². The largest absolute Gasteiger partial charge is 0.497 e. The lowest BCUT2D eigenvalue weighted by atomic mass is 10.1. The van der Waals surface area contributed by atoms with Crippen LogP contribution in [0.15, 0.2) is 18.2 Å². The SMILES string of the molecule is CCOC(C)(C)CNc1cc(OC)ccc1[N+](=O)[O-]. The van der Waals surface area contributed by atoms with Crippen LogP contribution < -0.4 is 10.1 Å². The zero-order valence-corrected chi connectivity index (χ0v) is 11.7. The number of hydrogen-bond acceptors (Lipinski definition) is 5. The van der Waals surface area contributed by atoms with Crippen molar-refractivity contribution in [3.8, 4) is 5.75 Å². The third kappa shape index (κ3) is 4.40. The number of nitrogens with one attached hydrogen (secondary N) is 1. The second-order valence-electron chi connectivity index (χ2n) is 4.69. The molecule has 0 aliphatic carbocycles. The number of hydrogen-bond donors (Lipinski definition) is 1. The molecule has 6 heteroatoms. The molecule has 0 fully saturated rings. The molecule has 106 valence electrons. The molecule has 0 spiro atoms. The summed E-state index contributed by atoms with van der Waals surface area (Å²) in [4.78, 5) is 10.5. The smallest absolute Gasteiger partial charge is 0.292 e. The van der Waals surface area contributed by atoms with Gasteiger partial charge in [0, 0.05) is 25.3 Å². The molecule has 0 saturated heterocycles. The highest BCUT2D eigenvalue weighted by molar-refractivity contribution is 5.64. The normalized spacial score (nSPS) is 11.2. The van der Waals surface area contributed by atoms with E-state index >= 15 is 0 Å². The molecule has 0 aromatic heterocycles. The molecule has 0 saturated carbocycles. The zero-order valence-electron chi connectivity index (χ0n) is 11.7. The minimum Gasteiger partial charge on any atom is -0.497 e. The van der Waals surface area contributed by atoms with Gasteiger partial charge in [-0.15, -0.1) is 0 Å². The second-order valence-corrected chi connectivity index (χ2v) is 4.69. The summed E-state index contributed by atoms with van der Waals surface area (Å²) in [6.07, 6.45) is 0. The van der Waals surface area contributed by atoms with E-state index in [1.807, 2.05) is 20.8 Å². The van der Waals surface area contributed by atoms with Crippen molar-refractivity contribution in [3.05, 3.63) is 28.3 Å². The standard InChI is InChI=1S/C13H20N2O4/c1-5-19-13(2,3)9-14-11-8-10(18-4)6-7-12(11)15(16)17/h6-8,14H,5,9H2,1-4H3. The third-order valence-electron chi connectivity index (χ3n) is 2.64. The monoisotopic (exact) mass is 268 g/mol. The number of methoxy groups -OCH3 is 1. The molecular formula is C13H20N2O4. The number of anilines is 1. The highest BCUT2D eigenvalue weighted by Gasteiger charge is 2.20. The number of benzene rings is 1. The Kier molecular flexibility index (Phi) is 5.11. The maximum atomic E-state index is 11.0. The molecule has 0 amide bonds. The molecule has 0 aliphatic heterocycles. The summed E-state index contributed by atoms with van der Waals surface area (Å²) >= 11 is 0. The average Bonchev–Trinajstić information content (AvgIpc) is 2.35. The van der Waals surface area contributed by atoms with E-state index in [-0.39, 0.29) is 5.69 Å². The minimum absolute atomic E-state index is 0.0214. The van der Waals surface area contributed by atoms with E-state index in [2.05, 4.69) is 5.32 Å². The predicted molar refractivity (Wildman–Crippen MR) is 73.8 cm³/mol. The van der Waals surface area contributed by atoms with Gasteiger partial charge >= 0.3 is 0 Å². The lowest BCUT2D eigenvalue weighted by molar-refractivity contribution is -0.384. The molecule has 1 N–H and O–H groups in total.